The van der Waals surface area contributed by atoms with Gasteiger partial charge in [0.2, 0.25) is 5.89 Å². The van der Waals surface area contributed by atoms with Gasteiger partial charge in [0.25, 0.3) is 0 Å². The third kappa shape index (κ3) is 2.72. The Bertz CT molecular complexity index is 707. The Morgan fingerprint density at radius 1 is 1.30 bits per heavy atom. The summed E-state index contributed by atoms with van der Waals surface area (Å²) in [4.78, 5) is 4.37. The van der Waals surface area contributed by atoms with Gasteiger partial charge < -0.3 is 8.98 Å². The number of aryl methyl sites for hydroxylation is 1. The number of aromatic nitrogens is 4. The van der Waals surface area contributed by atoms with Gasteiger partial charge in [0.15, 0.2) is 5.16 Å². The summed E-state index contributed by atoms with van der Waals surface area (Å²) in [5.41, 5.74) is 1.55. The predicted octanol–water partition coefficient (Wildman–Crippen LogP) is 2.90. The summed E-state index contributed by atoms with van der Waals surface area (Å²) in [6.07, 6.45) is 3.25. The Morgan fingerprint density at radius 3 is 2.80 bits per heavy atom. The number of oxazole rings is 1. The van der Waals surface area contributed by atoms with Crippen molar-refractivity contribution in [3.8, 4) is 11.5 Å². The summed E-state index contributed by atoms with van der Waals surface area (Å²) >= 11 is 1.52. The number of halogens is 1. The summed E-state index contributed by atoms with van der Waals surface area (Å²) in [6.45, 7) is 0. The van der Waals surface area contributed by atoms with Gasteiger partial charge in [0.1, 0.15) is 18.4 Å². The summed E-state index contributed by atoms with van der Waals surface area (Å²) in [6, 6.07) is 6.04. The standard InChI is InChI=1S/C13H11FN4OS/c1-18-8-15-17-13(18)20-7-11-6-19-12(16-11)9-2-4-10(14)5-3-9/h2-6,8H,7H2,1H3. The van der Waals surface area contributed by atoms with E-state index in [1.54, 1.807) is 24.7 Å². The molecule has 1 aromatic carbocycles. The van der Waals surface area contributed by atoms with Gasteiger partial charge in [-0.15, -0.1) is 10.2 Å². The van der Waals surface area contributed by atoms with Crippen molar-refractivity contribution in [1.29, 1.82) is 0 Å². The number of rotatable bonds is 4. The van der Waals surface area contributed by atoms with Crippen LogP contribution in [0.5, 0.6) is 0 Å². The molecule has 2 aromatic heterocycles. The zero-order chi connectivity index (χ0) is 13.9. The van der Waals surface area contributed by atoms with Gasteiger partial charge in [-0.2, -0.15) is 0 Å². The lowest BCUT2D eigenvalue weighted by atomic mass is 10.2. The van der Waals surface area contributed by atoms with Gasteiger partial charge in [0.05, 0.1) is 5.69 Å². The molecule has 2 heterocycles. The van der Waals surface area contributed by atoms with Crippen molar-refractivity contribution in [2.45, 2.75) is 10.9 Å². The van der Waals surface area contributed by atoms with Crippen molar-refractivity contribution in [3.05, 3.63) is 48.4 Å². The minimum atomic E-state index is -0.279. The average Bonchev–Trinajstić information content (AvgIpc) is 3.06. The van der Waals surface area contributed by atoms with Crippen LogP contribution in [-0.4, -0.2) is 19.7 Å². The third-order valence-corrected chi connectivity index (χ3v) is 3.73. The highest BCUT2D eigenvalue weighted by atomic mass is 32.2. The second-order valence-electron chi connectivity index (χ2n) is 4.16. The van der Waals surface area contributed by atoms with Crippen LogP contribution < -0.4 is 0 Å². The highest BCUT2D eigenvalue weighted by molar-refractivity contribution is 7.98. The molecule has 0 N–H and O–H groups in total. The van der Waals surface area contributed by atoms with Crippen LogP contribution in [0.2, 0.25) is 0 Å². The van der Waals surface area contributed by atoms with Gasteiger partial charge in [-0.1, -0.05) is 11.8 Å². The monoisotopic (exact) mass is 290 g/mol. The zero-order valence-corrected chi connectivity index (χ0v) is 11.5. The molecule has 0 bridgehead atoms. The number of benzene rings is 1. The van der Waals surface area contributed by atoms with E-state index < -0.39 is 0 Å². The maximum atomic E-state index is 12.9. The molecule has 0 aliphatic carbocycles. The van der Waals surface area contributed by atoms with Crippen LogP contribution in [0.4, 0.5) is 4.39 Å². The van der Waals surface area contributed by atoms with Gasteiger partial charge in [-0.05, 0) is 24.3 Å². The molecular weight excluding hydrogens is 279 g/mol. The molecule has 0 saturated carbocycles. The molecule has 5 nitrogen and oxygen atoms in total. The van der Waals surface area contributed by atoms with E-state index in [-0.39, 0.29) is 5.82 Å². The second-order valence-corrected chi connectivity index (χ2v) is 5.11. The fourth-order valence-electron chi connectivity index (χ4n) is 1.64. The molecule has 0 unspecified atom stereocenters. The normalized spacial score (nSPS) is 10.9. The van der Waals surface area contributed by atoms with Crippen molar-refractivity contribution >= 4 is 11.8 Å². The molecule has 20 heavy (non-hydrogen) atoms. The molecular formula is C13H11FN4OS. The van der Waals surface area contributed by atoms with Crippen LogP contribution in [-0.2, 0) is 12.8 Å². The molecule has 0 aliphatic heterocycles. The Hall–Kier alpha value is -2.15. The van der Waals surface area contributed by atoms with Gasteiger partial charge >= 0.3 is 0 Å². The topological polar surface area (TPSA) is 56.7 Å². The Kier molecular flexibility index (Phi) is 3.51. The van der Waals surface area contributed by atoms with E-state index >= 15 is 0 Å². The molecule has 0 aliphatic rings. The quantitative estimate of drug-likeness (QED) is 0.691. The van der Waals surface area contributed by atoms with Gasteiger partial charge in [0, 0.05) is 18.4 Å². The molecule has 7 heteroatoms. The Labute approximate surface area is 118 Å². The predicted molar refractivity (Wildman–Crippen MR) is 72.5 cm³/mol. The summed E-state index contributed by atoms with van der Waals surface area (Å²) < 4.78 is 20.1. The molecule has 102 valence electrons. The molecule has 0 saturated heterocycles. The first-order chi connectivity index (χ1) is 9.72. The fraction of sp³-hybridized carbons (Fsp3) is 0.154. The van der Waals surface area contributed by atoms with Crippen LogP contribution in [0, 0.1) is 5.82 Å². The Balaban J connectivity index is 1.71. The first-order valence-electron chi connectivity index (χ1n) is 5.89. The first-order valence-corrected chi connectivity index (χ1v) is 6.88. The van der Waals surface area contributed by atoms with E-state index in [4.69, 9.17) is 4.42 Å². The molecule has 3 rings (SSSR count). The van der Waals surface area contributed by atoms with Crippen molar-refractivity contribution < 1.29 is 8.81 Å². The van der Waals surface area contributed by atoms with E-state index in [0.717, 1.165) is 16.4 Å². The van der Waals surface area contributed by atoms with Crippen molar-refractivity contribution in [1.82, 2.24) is 19.7 Å². The van der Waals surface area contributed by atoms with Crippen LogP contribution in [0.25, 0.3) is 11.5 Å². The van der Waals surface area contributed by atoms with Gasteiger partial charge in [-0.3, -0.25) is 0 Å². The summed E-state index contributed by atoms with van der Waals surface area (Å²) in [7, 11) is 1.88. The third-order valence-electron chi connectivity index (χ3n) is 2.66. The zero-order valence-electron chi connectivity index (χ0n) is 10.7. The van der Waals surface area contributed by atoms with E-state index in [2.05, 4.69) is 15.2 Å². The minimum absolute atomic E-state index is 0.279. The molecule has 0 amide bonds. The van der Waals surface area contributed by atoms with Crippen molar-refractivity contribution in [2.75, 3.05) is 0 Å². The minimum Gasteiger partial charge on any atom is -0.444 e. The summed E-state index contributed by atoms with van der Waals surface area (Å²) in [5, 5.41) is 8.61. The highest BCUT2D eigenvalue weighted by Gasteiger charge is 2.09. The average molecular weight is 290 g/mol. The molecule has 0 atom stereocenters. The van der Waals surface area contributed by atoms with Crippen LogP contribution in [0.3, 0.4) is 0 Å². The number of hydrogen-bond acceptors (Lipinski definition) is 5. The lowest BCUT2D eigenvalue weighted by molar-refractivity contribution is 0.572. The largest absolute Gasteiger partial charge is 0.444 e. The van der Waals surface area contributed by atoms with E-state index in [1.165, 1.54) is 23.9 Å². The fourth-order valence-corrected chi connectivity index (χ4v) is 2.41. The van der Waals surface area contributed by atoms with Crippen LogP contribution >= 0.6 is 11.8 Å². The smallest absolute Gasteiger partial charge is 0.226 e. The van der Waals surface area contributed by atoms with Crippen LogP contribution in [0.15, 0.2) is 46.4 Å². The molecule has 0 radical (unpaired) electrons. The lowest BCUT2D eigenvalue weighted by Crippen LogP contribution is -1.90. The maximum Gasteiger partial charge on any atom is 0.226 e. The number of nitrogens with zero attached hydrogens (tertiary/aromatic N) is 4. The van der Waals surface area contributed by atoms with Gasteiger partial charge in [-0.25, -0.2) is 9.37 Å². The number of hydrogen-bond donors (Lipinski definition) is 0. The lowest BCUT2D eigenvalue weighted by Gasteiger charge is -1.96. The van der Waals surface area contributed by atoms with Crippen molar-refractivity contribution in [2.24, 2.45) is 7.05 Å². The molecule has 3 aromatic rings. The molecule has 0 spiro atoms. The van der Waals surface area contributed by atoms with E-state index in [0.29, 0.717) is 11.6 Å². The maximum absolute atomic E-state index is 12.9. The van der Waals surface area contributed by atoms with E-state index in [1.807, 2.05) is 11.6 Å². The van der Waals surface area contributed by atoms with Crippen molar-refractivity contribution in [3.63, 3.8) is 0 Å². The molecule has 0 fully saturated rings. The number of thioether (sulfide) groups is 1. The summed E-state index contributed by atoms with van der Waals surface area (Å²) in [5.74, 6) is 0.842. The van der Waals surface area contributed by atoms with E-state index in [9.17, 15) is 4.39 Å². The Morgan fingerprint density at radius 2 is 2.10 bits per heavy atom. The second kappa shape index (κ2) is 5.46. The SMILES string of the molecule is Cn1cnnc1SCc1coc(-c2ccc(F)cc2)n1. The first kappa shape index (κ1) is 12.9. The highest BCUT2D eigenvalue weighted by Crippen LogP contribution is 2.23. The van der Waals surface area contributed by atoms with Crippen LogP contribution in [0.1, 0.15) is 5.69 Å².